The molecule has 0 aromatic carbocycles. The van der Waals surface area contributed by atoms with E-state index in [1.807, 2.05) is 0 Å². The van der Waals surface area contributed by atoms with Crippen LogP contribution in [0.1, 0.15) is 6.42 Å². The van der Waals surface area contributed by atoms with Crippen molar-refractivity contribution in [1.29, 1.82) is 0 Å². The van der Waals surface area contributed by atoms with E-state index in [4.69, 9.17) is 0 Å². The van der Waals surface area contributed by atoms with E-state index < -0.39 is 0 Å². The fourth-order valence-electron chi connectivity index (χ4n) is 2.27. The maximum atomic E-state index is 11.2. The maximum absolute atomic E-state index is 11.2. The van der Waals surface area contributed by atoms with Gasteiger partial charge in [0.15, 0.2) is 0 Å². The zero-order valence-electron chi connectivity index (χ0n) is 6.76. The van der Waals surface area contributed by atoms with Crippen LogP contribution in [-0.4, -0.2) is 26.0 Å². The van der Waals surface area contributed by atoms with Gasteiger partial charge in [0.2, 0.25) is 5.91 Å². The first-order chi connectivity index (χ1) is 5.33. The van der Waals surface area contributed by atoms with Crippen molar-refractivity contribution in [2.75, 3.05) is 20.1 Å². The molecule has 3 atom stereocenters. The first kappa shape index (κ1) is 7.10. The quantitative estimate of drug-likeness (QED) is 0.539. The van der Waals surface area contributed by atoms with Crippen molar-refractivity contribution in [3.05, 3.63) is 0 Å². The van der Waals surface area contributed by atoms with E-state index in [2.05, 4.69) is 10.6 Å². The molecule has 2 rings (SSSR count). The summed E-state index contributed by atoms with van der Waals surface area (Å²) in [4.78, 5) is 11.2. The largest absolute Gasteiger partial charge is 0.359 e. The van der Waals surface area contributed by atoms with Crippen LogP contribution in [0.4, 0.5) is 0 Å². The van der Waals surface area contributed by atoms with Crippen LogP contribution in [0.2, 0.25) is 0 Å². The molecule has 11 heavy (non-hydrogen) atoms. The molecule has 0 spiro atoms. The molecule has 0 aromatic heterocycles. The lowest BCUT2D eigenvalue weighted by Crippen LogP contribution is -2.44. The summed E-state index contributed by atoms with van der Waals surface area (Å²) in [6.07, 6.45) is 1.09. The van der Waals surface area contributed by atoms with E-state index in [9.17, 15) is 4.79 Å². The van der Waals surface area contributed by atoms with Gasteiger partial charge in [-0.05, 0) is 31.3 Å². The monoisotopic (exact) mass is 154 g/mol. The molecule has 62 valence electrons. The molecule has 0 bridgehead atoms. The Morgan fingerprint density at radius 3 is 3.00 bits per heavy atom. The Hall–Kier alpha value is -0.570. The van der Waals surface area contributed by atoms with Crippen LogP contribution in [-0.2, 0) is 4.79 Å². The molecule has 3 unspecified atom stereocenters. The summed E-state index contributed by atoms with van der Waals surface area (Å²) in [7, 11) is 1.72. The average Bonchev–Trinajstić information content (AvgIpc) is 2.32. The number of hydrogen-bond acceptors (Lipinski definition) is 2. The summed E-state index contributed by atoms with van der Waals surface area (Å²) < 4.78 is 0. The van der Waals surface area contributed by atoms with E-state index in [1.54, 1.807) is 7.05 Å². The van der Waals surface area contributed by atoms with Crippen LogP contribution >= 0.6 is 0 Å². The Morgan fingerprint density at radius 1 is 1.55 bits per heavy atom. The highest BCUT2D eigenvalue weighted by molar-refractivity contribution is 5.79. The van der Waals surface area contributed by atoms with E-state index in [0.717, 1.165) is 25.4 Å². The van der Waals surface area contributed by atoms with Gasteiger partial charge in [0.05, 0.1) is 0 Å². The van der Waals surface area contributed by atoms with Gasteiger partial charge < -0.3 is 10.6 Å². The SMILES string of the molecule is CNC(=O)C1CC2CNCC21. The lowest BCUT2D eigenvalue weighted by atomic mass is 9.66. The molecule has 1 aliphatic carbocycles. The molecule has 0 radical (unpaired) electrons. The predicted molar refractivity (Wildman–Crippen MR) is 42.0 cm³/mol. The van der Waals surface area contributed by atoms with Gasteiger partial charge in [0.25, 0.3) is 0 Å². The predicted octanol–water partition coefficient (Wildman–Crippen LogP) is -0.412. The Bertz CT molecular complexity index is 181. The summed E-state index contributed by atoms with van der Waals surface area (Å²) in [5.41, 5.74) is 0. The van der Waals surface area contributed by atoms with Crippen molar-refractivity contribution >= 4 is 5.91 Å². The van der Waals surface area contributed by atoms with E-state index >= 15 is 0 Å². The van der Waals surface area contributed by atoms with Gasteiger partial charge in [-0.3, -0.25) is 4.79 Å². The van der Waals surface area contributed by atoms with E-state index in [0.29, 0.717) is 11.8 Å². The molecular formula is C8H14N2O. The number of carbonyl (C=O) groups excluding carboxylic acids is 1. The number of carbonyl (C=O) groups is 1. The summed E-state index contributed by atoms with van der Waals surface area (Å²) in [6.45, 7) is 2.17. The van der Waals surface area contributed by atoms with Gasteiger partial charge in [0, 0.05) is 13.0 Å². The minimum atomic E-state index is 0.231. The maximum Gasteiger partial charge on any atom is 0.223 e. The molecule has 3 heteroatoms. The lowest BCUT2D eigenvalue weighted by Gasteiger charge is -2.37. The summed E-state index contributed by atoms with van der Waals surface area (Å²) in [5, 5.41) is 6.03. The van der Waals surface area contributed by atoms with Crippen molar-refractivity contribution < 1.29 is 4.79 Å². The third-order valence-corrected chi connectivity index (χ3v) is 3.05. The molecule has 1 saturated heterocycles. The van der Waals surface area contributed by atoms with Crippen LogP contribution in [0.25, 0.3) is 0 Å². The standard InChI is InChI=1S/C8H14N2O/c1-9-8(11)6-2-5-3-10-4-7(5)6/h5-7,10H,2-4H2,1H3,(H,9,11). The van der Waals surface area contributed by atoms with E-state index in [1.165, 1.54) is 0 Å². The fourth-order valence-corrected chi connectivity index (χ4v) is 2.27. The molecule has 3 nitrogen and oxygen atoms in total. The Labute approximate surface area is 66.5 Å². The molecule has 1 aliphatic heterocycles. The number of nitrogens with one attached hydrogen (secondary N) is 2. The van der Waals surface area contributed by atoms with E-state index in [-0.39, 0.29) is 5.91 Å². The van der Waals surface area contributed by atoms with Crippen molar-refractivity contribution in [1.82, 2.24) is 10.6 Å². The highest BCUT2D eigenvalue weighted by atomic mass is 16.1. The van der Waals surface area contributed by atoms with Crippen molar-refractivity contribution in [2.24, 2.45) is 17.8 Å². The van der Waals surface area contributed by atoms with Gasteiger partial charge in [-0.1, -0.05) is 0 Å². The summed E-state index contributed by atoms with van der Waals surface area (Å²) in [6, 6.07) is 0. The third-order valence-electron chi connectivity index (χ3n) is 3.05. The molecule has 1 saturated carbocycles. The number of rotatable bonds is 1. The van der Waals surface area contributed by atoms with Gasteiger partial charge in [-0.2, -0.15) is 0 Å². The minimum absolute atomic E-state index is 0.231. The highest BCUT2D eigenvalue weighted by Crippen LogP contribution is 2.42. The number of amides is 1. The zero-order valence-corrected chi connectivity index (χ0v) is 6.76. The first-order valence-corrected chi connectivity index (χ1v) is 4.25. The van der Waals surface area contributed by atoms with Crippen molar-refractivity contribution in [3.8, 4) is 0 Å². The lowest BCUT2D eigenvalue weighted by molar-refractivity contribution is -0.131. The first-order valence-electron chi connectivity index (χ1n) is 4.25. The van der Waals surface area contributed by atoms with Gasteiger partial charge in [0.1, 0.15) is 0 Å². The van der Waals surface area contributed by atoms with Gasteiger partial charge in [-0.25, -0.2) is 0 Å². The van der Waals surface area contributed by atoms with Crippen LogP contribution in [0.3, 0.4) is 0 Å². The number of fused-ring (bicyclic) bond motifs is 1. The summed E-state index contributed by atoms with van der Waals surface area (Å²) >= 11 is 0. The molecule has 1 amide bonds. The fraction of sp³-hybridized carbons (Fsp3) is 0.875. The second kappa shape index (κ2) is 2.48. The minimum Gasteiger partial charge on any atom is -0.359 e. The Morgan fingerprint density at radius 2 is 2.36 bits per heavy atom. The van der Waals surface area contributed by atoms with Crippen LogP contribution in [0.15, 0.2) is 0 Å². The van der Waals surface area contributed by atoms with Crippen LogP contribution < -0.4 is 10.6 Å². The molecule has 2 aliphatic rings. The smallest absolute Gasteiger partial charge is 0.223 e. The second-order valence-corrected chi connectivity index (χ2v) is 3.54. The average molecular weight is 154 g/mol. The summed E-state index contributed by atoms with van der Waals surface area (Å²) in [5.74, 6) is 1.96. The Kier molecular flexibility index (Phi) is 1.60. The normalized spacial score (nSPS) is 41.0. The molecule has 2 fully saturated rings. The third kappa shape index (κ3) is 0.948. The van der Waals surface area contributed by atoms with Crippen LogP contribution in [0.5, 0.6) is 0 Å². The molecule has 0 aromatic rings. The van der Waals surface area contributed by atoms with Crippen molar-refractivity contribution in [3.63, 3.8) is 0 Å². The van der Waals surface area contributed by atoms with Gasteiger partial charge in [-0.15, -0.1) is 0 Å². The number of hydrogen-bond donors (Lipinski definition) is 2. The van der Waals surface area contributed by atoms with Crippen molar-refractivity contribution in [2.45, 2.75) is 6.42 Å². The second-order valence-electron chi connectivity index (χ2n) is 3.54. The molecular weight excluding hydrogens is 140 g/mol. The molecule has 1 heterocycles. The Balaban J connectivity index is 1.94. The highest BCUT2D eigenvalue weighted by Gasteiger charge is 2.46. The molecule has 2 N–H and O–H groups in total. The van der Waals surface area contributed by atoms with Gasteiger partial charge >= 0.3 is 0 Å². The topological polar surface area (TPSA) is 41.1 Å². The van der Waals surface area contributed by atoms with Crippen LogP contribution in [0, 0.1) is 17.8 Å². The zero-order chi connectivity index (χ0) is 7.84.